The number of hydrogen-bond acceptors (Lipinski definition) is 5. The molecule has 0 aromatic rings. The maximum absolute atomic E-state index is 12.2. The predicted octanol–water partition coefficient (Wildman–Crippen LogP) is 1.30. The van der Waals surface area contributed by atoms with Crippen molar-refractivity contribution in [2.24, 2.45) is 11.7 Å². The van der Waals surface area contributed by atoms with Gasteiger partial charge in [0.15, 0.2) is 0 Å². The fraction of sp³-hybridized carbons (Fsp3) is 0.938. The van der Waals surface area contributed by atoms with Crippen molar-refractivity contribution < 1.29 is 14.3 Å². The zero-order chi connectivity index (χ0) is 14.9. The summed E-state index contributed by atoms with van der Waals surface area (Å²) in [7, 11) is 0. The van der Waals surface area contributed by atoms with Crippen molar-refractivity contribution >= 4 is 5.97 Å². The Labute approximate surface area is 127 Å². The van der Waals surface area contributed by atoms with Crippen LogP contribution in [0.4, 0.5) is 0 Å². The van der Waals surface area contributed by atoms with Crippen LogP contribution in [0.3, 0.4) is 0 Å². The Kier molecular flexibility index (Phi) is 4.52. The van der Waals surface area contributed by atoms with Crippen LogP contribution < -0.4 is 5.73 Å². The van der Waals surface area contributed by atoms with Crippen LogP contribution in [0.15, 0.2) is 0 Å². The summed E-state index contributed by atoms with van der Waals surface area (Å²) in [5.74, 6) is 0.0617. The van der Waals surface area contributed by atoms with Crippen molar-refractivity contribution in [3.63, 3.8) is 0 Å². The summed E-state index contributed by atoms with van der Waals surface area (Å²) in [4.78, 5) is 14.7. The number of carbonyl (C=O) groups is 1. The second-order valence-electron chi connectivity index (χ2n) is 6.86. The van der Waals surface area contributed by atoms with Gasteiger partial charge >= 0.3 is 5.97 Å². The number of rotatable bonds is 5. The van der Waals surface area contributed by atoms with Crippen LogP contribution in [0.2, 0.25) is 0 Å². The monoisotopic (exact) mass is 296 g/mol. The first-order valence-corrected chi connectivity index (χ1v) is 8.45. The molecule has 0 radical (unpaired) electrons. The summed E-state index contributed by atoms with van der Waals surface area (Å²) in [5, 5.41) is 0. The molecule has 0 amide bonds. The van der Waals surface area contributed by atoms with Crippen LogP contribution in [0.5, 0.6) is 0 Å². The third-order valence-corrected chi connectivity index (χ3v) is 5.44. The van der Waals surface area contributed by atoms with Crippen LogP contribution in [0.25, 0.3) is 0 Å². The van der Waals surface area contributed by atoms with E-state index in [1.54, 1.807) is 0 Å². The van der Waals surface area contributed by atoms with Gasteiger partial charge in [-0.1, -0.05) is 6.42 Å². The van der Waals surface area contributed by atoms with E-state index in [2.05, 4.69) is 4.90 Å². The molecule has 2 heterocycles. The van der Waals surface area contributed by atoms with Crippen molar-refractivity contribution in [2.75, 3.05) is 26.2 Å². The average Bonchev–Trinajstić information content (AvgIpc) is 3.01. The second kappa shape index (κ2) is 6.23. The van der Waals surface area contributed by atoms with Crippen molar-refractivity contribution in [1.82, 2.24) is 4.90 Å². The molecule has 4 atom stereocenters. The fourth-order valence-electron chi connectivity index (χ4n) is 4.26. The maximum atomic E-state index is 12.2. The molecule has 1 saturated carbocycles. The Morgan fingerprint density at radius 3 is 2.71 bits per heavy atom. The number of nitrogens with zero attached hydrogens (tertiary/aromatic N) is 1. The van der Waals surface area contributed by atoms with Crippen molar-refractivity contribution in [3.8, 4) is 0 Å². The number of fused-ring (bicyclic) bond motifs is 2. The zero-order valence-corrected chi connectivity index (χ0v) is 13.1. The number of esters is 1. The lowest BCUT2D eigenvalue weighted by Gasteiger charge is -2.34. The highest BCUT2D eigenvalue weighted by Crippen LogP contribution is 2.37. The third-order valence-electron chi connectivity index (χ3n) is 5.44. The molecule has 0 aromatic carbocycles. The van der Waals surface area contributed by atoms with Crippen LogP contribution in [-0.2, 0) is 14.3 Å². The van der Waals surface area contributed by atoms with Gasteiger partial charge in [-0.25, -0.2) is 0 Å². The quantitative estimate of drug-likeness (QED) is 0.775. The van der Waals surface area contributed by atoms with Gasteiger partial charge in [-0.05, 0) is 51.5 Å². The van der Waals surface area contributed by atoms with Gasteiger partial charge in [0, 0.05) is 13.1 Å². The highest BCUT2D eigenvalue weighted by atomic mass is 16.5. The molecule has 2 bridgehead atoms. The highest BCUT2D eigenvalue weighted by molar-refractivity contribution is 5.81. The van der Waals surface area contributed by atoms with Gasteiger partial charge in [0.05, 0.1) is 18.8 Å². The number of morpholine rings is 1. The second-order valence-corrected chi connectivity index (χ2v) is 6.86. The first-order valence-electron chi connectivity index (χ1n) is 8.45. The van der Waals surface area contributed by atoms with Gasteiger partial charge in [-0.15, -0.1) is 0 Å². The average molecular weight is 296 g/mol. The maximum Gasteiger partial charge on any atom is 0.326 e. The molecule has 3 fully saturated rings. The Morgan fingerprint density at radius 1 is 1.33 bits per heavy atom. The first-order chi connectivity index (χ1) is 10.1. The lowest BCUT2D eigenvalue weighted by molar-refractivity contribution is -0.151. The molecular weight excluding hydrogens is 268 g/mol. The van der Waals surface area contributed by atoms with Crippen molar-refractivity contribution in [3.05, 3.63) is 0 Å². The molecule has 0 aromatic heterocycles. The van der Waals surface area contributed by atoms with Gasteiger partial charge in [0.25, 0.3) is 0 Å². The van der Waals surface area contributed by atoms with Crippen LogP contribution in [0, 0.1) is 5.92 Å². The van der Waals surface area contributed by atoms with Crippen molar-refractivity contribution in [2.45, 2.75) is 63.2 Å². The summed E-state index contributed by atoms with van der Waals surface area (Å²) in [6.45, 7) is 5.37. The fourth-order valence-corrected chi connectivity index (χ4v) is 4.26. The smallest absolute Gasteiger partial charge is 0.326 e. The predicted molar refractivity (Wildman–Crippen MR) is 79.8 cm³/mol. The zero-order valence-electron chi connectivity index (χ0n) is 13.1. The first kappa shape index (κ1) is 15.3. The molecular formula is C16H28N2O3. The number of likely N-dealkylation sites (tertiary alicyclic amines) is 1. The van der Waals surface area contributed by atoms with E-state index < -0.39 is 5.54 Å². The third kappa shape index (κ3) is 3.10. The molecule has 1 aliphatic carbocycles. The number of ether oxygens (including phenoxy) is 2. The highest BCUT2D eigenvalue weighted by Gasteiger charge is 2.47. The summed E-state index contributed by atoms with van der Waals surface area (Å²) < 4.78 is 11.1. The van der Waals surface area contributed by atoms with Gasteiger partial charge < -0.3 is 15.2 Å². The Balaban J connectivity index is 1.53. The standard InChI is InChI=1S/C16H28N2O3/c1-2-20-15(19)16(17)8-3-4-12(16)7-9-18-10-13-5-6-14(11-18)21-13/h12-14H,2-11,17H2,1H3. The number of carbonyl (C=O) groups excluding carboxylic acids is 1. The van der Waals surface area contributed by atoms with Gasteiger partial charge in [-0.2, -0.15) is 0 Å². The molecule has 5 nitrogen and oxygen atoms in total. The molecule has 21 heavy (non-hydrogen) atoms. The summed E-state index contributed by atoms with van der Waals surface area (Å²) in [6.07, 6.45) is 7.11. The van der Waals surface area contributed by atoms with Gasteiger partial charge in [0.1, 0.15) is 5.54 Å². The van der Waals surface area contributed by atoms with Crippen LogP contribution in [0.1, 0.15) is 45.4 Å². The van der Waals surface area contributed by atoms with E-state index in [1.165, 1.54) is 12.8 Å². The lowest BCUT2D eigenvalue weighted by Crippen LogP contribution is -2.53. The molecule has 120 valence electrons. The van der Waals surface area contributed by atoms with Crippen molar-refractivity contribution in [1.29, 1.82) is 0 Å². The Morgan fingerprint density at radius 2 is 2.05 bits per heavy atom. The SMILES string of the molecule is CCOC(=O)C1(N)CCCC1CCN1CC2CCC(C1)O2. The van der Waals surface area contributed by atoms with Crippen LogP contribution >= 0.6 is 0 Å². The molecule has 2 N–H and O–H groups in total. The van der Waals surface area contributed by atoms with Gasteiger partial charge in [0.2, 0.25) is 0 Å². The molecule has 3 aliphatic rings. The molecule has 3 rings (SSSR count). The Bertz CT molecular complexity index is 378. The van der Waals surface area contributed by atoms with E-state index in [0.717, 1.165) is 45.3 Å². The topological polar surface area (TPSA) is 64.8 Å². The molecule has 5 heteroatoms. The minimum Gasteiger partial charge on any atom is -0.465 e. The number of nitrogens with two attached hydrogens (primary N) is 1. The lowest BCUT2D eigenvalue weighted by atomic mass is 9.85. The van der Waals surface area contributed by atoms with E-state index in [4.69, 9.17) is 15.2 Å². The summed E-state index contributed by atoms with van der Waals surface area (Å²) >= 11 is 0. The minimum absolute atomic E-state index is 0.199. The summed E-state index contributed by atoms with van der Waals surface area (Å²) in [5.41, 5.74) is 5.65. The van der Waals surface area contributed by atoms with E-state index in [-0.39, 0.29) is 11.9 Å². The molecule has 0 spiro atoms. The van der Waals surface area contributed by atoms with E-state index >= 15 is 0 Å². The molecule has 2 saturated heterocycles. The Hall–Kier alpha value is -0.650. The minimum atomic E-state index is -0.749. The summed E-state index contributed by atoms with van der Waals surface area (Å²) in [6, 6.07) is 0. The largest absolute Gasteiger partial charge is 0.465 e. The van der Waals surface area contributed by atoms with E-state index in [1.807, 2.05) is 6.92 Å². The van der Waals surface area contributed by atoms with E-state index in [0.29, 0.717) is 18.8 Å². The van der Waals surface area contributed by atoms with Crippen LogP contribution in [-0.4, -0.2) is 54.9 Å². The normalized spacial score (nSPS) is 39.6. The molecule has 4 unspecified atom stereocenters. The van der Waals surface area contributed by atoms with E-state index in [9.17, 15) is 4.79 Å². The number of hydrogen-bond donors (Lipinski definition) is 1. The molecule has 2 aliphatic heterocycles. The van der Waals surface area contributed by atoms with Gasteiger partial charge in [-0.3, -0.25) is 9.69 Å².